The van der Waals surface area contributed by atoms with E-state index >= 15 is 0 Å². The van der Waals surface area contributed by atoms with Gasteiger partial charge in [-0.2, -0.15) is 0 Å². The molecule has 0 fully saturated rings. The van der Waals surface area contributed by atoms with Crippen molar-refractivity contribution in [1.29, 1.82) is 0 Å². The molecule has 0 spiro atoms. The molecule has 2 N–H and O–H groups in total. The van der Waals surface area contributed by atoms with Crippen LogP contribution in [0.5, 0.6) is 0 Å². The van der Waals surface area contributed by atoms with Crippen molar-refractivity contribution in [2.45, 2.75) is 174 Å². The number of phosphoric ester groups is 1. The zero-order valence-electron chi connectivity index (χ0n) is 31.5. The van der Waals surface area contributed by atoms with E-state index in [0.29, 0.717) is 12.8 Å². The van der Waals surface area contributed by atoms with Gasteiger partial charge in [0.05, 0.1) is 6.61 Å². The predicted molar refractivity (Wildman–Crippen MR) is 207 cm³/mol. The quantitative estimate of drug-likeness (QED) is 0.0287. The van der Waals surface area contributed by atoms with Gasteiger partial charge in [-0.1, -0.05) is 152 Å². The summed E-state index contributed by atoms with van der Waals surface area (Å²) in [5.41, 5.74) is 0. The van der Waals surface area contributed by atoms with Gasteiger partial charge in [-0.25, -0.2) is 4.57 Å². The lowest BCUT2D eigenvalue weighted by atomic mass is 10.1. The van der Waals surface area contributed by atoms with Crippen LogP contribution >= 0.6 is 7.82 Å². The fourth-order valence-electron chi connectivity index (χ4n) is 5.15. The molecule has 0 heterocycles. The highest BCUT2D eigenvalue weighted by molar-refractivity contribution is 7.46. The summed E-state index contributed by atoms with van der Waals surface area (Å²) in [4.78, 5) is 42.7. The number of ether oxygens (including phenoxy) is 2. The first kappa shape index (κ1) is 47.8. The highest BCUT2D eigenvalue weighted by Gasteiger charge is 2.22. The van der Waals surface area contributed by atoms with Gasteiger partial charge in [0.15, 0.2) is 6.10 Å². The average Bonchev–Trinajstić information content (AvgIpc) is 3.08. The maximum Gasteiger partial charge on any atom is 0.469 e. The Kier molecular flexibility index (Phi) is 34.9. The Labute approximate surface area is 305 Å². The molecular formula is C41H71O8P. The molecule has 0 amide bonds. The highest BCUT2D eigenvalue weighted by atomic mass is 31.2. The number of esters is 2. The molecule has 0 radical (unpaired) electrons. The lowest BCUT2D eigenvalue weighted by Gasteiger charge is -2.18. The maximum absolute atomic E-state index is 12.3. The van der Waals surface area contributed by atoms with Gasteiger partial charge in [0.2, 0.25) is 0 Å². The SMILES string of the molecule is CC/C=C/C/C=C/C/C=C/CCCCCCCCCCCC(=O)OCC(COP(=O)(O)O)OC(=O)CC/C=C/C/C=C/CCCCCCCC. The minimum atomic E-state index is -4.77. The van der Waals surface area contributed by atoms with E-state index in [1.165, 1.54) is 70.6 Å². The molecule has 0 aliphatic carbocycles. The third-order valence-electron chi connectivity index (χ3n) is 8.03. The summed E-state index contributed by atoms with van der Waals surface area (Å²) in [7, 11) is -4.77. The Morgan fingerprint density at radius 2 is 1.00 bits per heavy atom. The van der Waals surface area contributed by atoms with Gasteiger partial charge in [-0.3, -0.25) is 14.1 Å². The second-order valence-corrected chi connectivity index (χ2v) is 14.1. The summed E-state index contributed by atoms with van der Waals surface area (Å²) in [5.74, 6) is -0.973. The van der Waals surface area contributed by atoms with Crippen molar-refractivity contribution in [2.24, 2.45) is 0 Å². The van der Waals surface area contributed by atoms with Crippen LogP contribution in [0.4, 0.5) is 0 Å². The summed E-state index contributed by atoms with van der Waals surface area (Å²) in [6.45, 7) is 3.50. The zero-order valence-corrected chi connectivity index (χ0v) is 32.4. The summed E-state index contributed by atoms with van der Waals surface area (Å²) < 4.78 is 26.2. The zero-order chi connectivity index (χ0) is 36.8. The molecule has 0 aromatic carbocycles. The van der Waals surface area contributed by atoms with Crippen LogP contribution in [0.2, 0.25) is 0 Å². The monoisotopic (exact) mass is 722 g/mol. The topological polar surface area (TPSA) is 119 Å². The van der Waals surface area contributed by atoms with Crippen molar-refractivity contribution in [3.8, 4) is 0 Å². The van der Waals surface area contributed by atoms with Gasteiger partial charge >= 0.3 is 19.8 Å². The Bertz CT molecular complexity index is 995. The van der Waals surface area contributed by atoms with Crippen molar-refractivity contribution in [2.75, 3.05) is 13.2 Å². The lowest BCUT2D eigenvalue weighted by Crippen LogP contribution is -2.29. The molecule has 0 aliphatic rings. The number of phosphoric acid groups is 1. The summed E-state index contributed by atoms with van der Waals surface area (Å²) >= 11 is 0. The van der Waals surface area contributed by atoms with Crippen LogP contribution in [0.15, 0.2) is 60.8 Å². The third kappa shape index (κ3) is 38.6. The minimum absolute atomic E-state index is 0.103. The van der Waals surface area contributed by atoms with E-state index in [1.54, 1.807) is 0 Å². The molecule has 1 atom stereocenters. The predicted octanol–water partition coefficient (Wildman–Crippen LogP) is 11.7. The first-order valence-electron chi connectivity index (χ1n) is 19.6. The van der Waals surface area contributed by atoms with E-state index in [-0.39, 0.29) is 19.4 Å². The molecular weight excluding hydrogens is 651 g/mol. The summed E-state index contributed by atoms with van der Waals surface area (Å²) in [5, 5.41) is 0. The van der Waals surface area contributed by atoms with Crippen LogP contribution in [-0.2, 0) is 28.2 Å². The van der Waals surface area contributed by atoms with E-state index in [1.807, 2.05) is 12.2 Å². The lowest BCUT2D eigenvalue weighted by molar-refractivity contribution is -0.161. The van der Waals surface area contributed by atoms with Gasteiger partial charge < -0.3 is 19.3 Å². The molecule has 0 aromatic rings. The molecule has 0 saturated heterocycles. The fraction of sp³-hybridized carbons (Fsp3) is 0.707. The normalized spacial score (nSPS) is 13.1. The highest BCUT2D eigenvalue weighted by Crippen LogP contribution is 2.36. The number of carbonyl (C=O) groups is 2. The second-order valence-electron chi connectivity index (χ2n) is 12.9. The Morgan fingerprint density at radius 3 is 1.52 bits per heavy atom. The van der Waals surface area contributed by atoms with Crippen molar-refractivity contribution in [3.05, 3.63) is 60.8 Å². The van der Waals surface area contributed by atoms with Crippen LogP contribution in [-0.4, -0.2) is 41.0 Å². The number of hydrogen-bond donors (Lipinski definition) is 2. The first-order valence-corrected chi connectivity index (χ1v) is 21.1. The molecule has 0 bridgehead atoms. The molecule has 0 rings (SSSR count). The smallest absolute Gasteiger partial charge is 0.462 e. The van der Waals surface area contributed by atoms with Crippen LogP contribution in [0.1, 0.15) is 168 Å². The van der Waals surface area contributed by atoms with Crippen molar-refractivity contribution in [3.63, 3.8) is 0 Å². The van der Waals surface area contributed by atoms with E-state index in [2.05, 4.69) is 67.0 Å². The molecule has 0 aromatic heterocycles. The van der Waals surface area contributed by atoms with Gasteiger partial charge in [0.25, 0.3) is 0 Å². The Hall–Kier alpha value is -2.25. The van der Waals surface area contributed by atoms with Crippen LogP contribution in [0, 0.1) is 0 Å². The molecule has 9 heteroatoms. The Morgan fingerprint density at radius 1 is 0.540 bits per heavy atom. The molecule has 8 nitrogen and oxygen atoms in total. The van der Waals surface area contributed by atoms with Crippen molar-refractivity contribution < 1.29 is 37.9 Å². The number of unbranched alkanes of at least 4 members (excludes halogenated alkanes) is 15. The molecule has 288 valence electrons. The Balaban J connectivity index is 4.00. The van der Waals surface area contributed by atoms with Crippen molar-refractivity contribution >= 4 is 19.8 Å². The molecule has 0 aliphatic heterocycles. The fourth-order valence-corrected chi connectivity index (χ4v) is 5.51. The van der Waals surface area contributed by atoms with Crippen LogP contribution < -0.4 is 0 Å². The van der Waals surface area contributed by atoms with E-state index in [0.717, 1.165) is 57.8 Å². The van der Waals surface area contributed by atoms with Crippen LogP contribution in [0.3, 0.4) is 0 Å². The molecule has 0 saturated carbocycles. The number of rotatable bonds is 35. The molecule has 50 heavy (non-hydrogen) atoms. The van der Waals surface area contributed by atoms with E-state index < -0.39 is 32.5 Å². The third-order valence-corrected chi connectivity index (χ3v) is 8.52. The number of carbonyl (C=O) groups excluding carboxylic acids is 2. The van der Waals surface area contributed by atoms with Gasteiger partial charge in [-0.15, -0.1) is 0 Å². The van der Waals surface area contributed by atoms with E-state index in [9.17, 15) is 14.2 Å². The molecule has 1 unspecified atom stereocenters. The summed E-state index contributed by atoms with van der Waals surface area (Å²) in [6.07, 6.45) is 45.3. The van der Waals surface area contributed by atoms with Gasteiger partial charge in [0.1, 0.15) is 6.61 Å². The maximum atomic E-state index is 12.3. The van der Waals surface area contributed by atoms with Crippen LogP contribution in [0.25, 0.3) is 0 Å². The number of hydrogen-bond acceptors (Lipinski definition) is 6. The average molecular weight is 723 g/mol. The largest absolute Gasteiger partial charge is 0.469 e. The van der Waals surface area contributed by atoms with Gasteiger partial charge in [-0.05, 0) is 64.2 Å². The summed E-state index contributed by atoms with van der Waals surface area (Å²) in [6, 6.07) is 0. The van der Waals surface area contributed by atoms with Gasteiger partial charge in [0, 0.05) is 12.8 Å². The second kappa shape index (κ2) is 36.5. The van der Waals surface area contributed by atoms with Crippen molar-refractivity contribution in [1.82, 2.24) is 0 Å². The minimum Gasteiger partial charge on any atom is -0.462 e. The number of allylic oxidation sites excluding steroid dienone is 10. The first-order chi connectivity index (χ1) is 24.3. The van der Waals surface area contributed by atoms with E-state index in [4.69, 9.17) is 19.3 Å². The standard InChI is InChI=1S/C41H71O8P/c1-3-5-7-9-11-13-15-17-18-19-20-21-22-24-25-27-29-31-33-35-40(42)47-37-39(38-48-50(44,45)46)49-41(43)36-34-32-30-28-26-23-16-14-12-10-8-6-4-2/h5,7,11,13,17-18,23,26,30,32,39H,3-4,6,8-10,12,14-16,19-22,24-25,27-29,31,33-38H2,1-2H3,(H2,44,45,46)/b7-5+,13-11+,18-17+,26-23+,32-30+.